The summed E-state index contributed by atoms with van der Waals surface area (Å²) in [6.45, 7) is -0.737. The molecule has 0 saturated heterocycles. The number of nitrogens with two attached hydrogens (primary N) is 1. The summed E-state index contributed by atoms with van der Waals surface area (Å²) in [5, 5.41) is 10.5. The van der Waals surface area contributed by atoms with Gasteiger partial charge in [-0.25, -0.2) is 4.39 Å². The summed E-state index contributed by atoms with van der Waals surface area (Å²) in [5.74, 6) is 0. The fraction of sp³-hybridized carbons (Fsp3) is 0.250. The lowest BCUT2D eigenvalue weighted by molar-refractivity contribution is -0.385. The number of rotatable bonds is 3. The Hall–Kier alpha value is -1.01. The van der Waals surface area contributed by atoms with Gasteiger partial charge in [-0.3, -0.25) is 10.1 Å². The fourth-order valence-corrected chi connectivity index (χ4v) is 1.38. The molecule has 0 fully saturated rings. The van der Waals surface area contributed by atoms with Crippen LogP contribution in [0.2, 0.25) is 0 Å². The average Bonchev–Trinajstić information content (AvgIpc) is 2.17. The van der Waals surface area contributed by atoms with Gasteiger partial charge < -0.3 is 5.73 Å². The Kier molecular flexibility index (Phi) is 3.54. The standard InChI is InChI=1S/C8H8BrFN2O2/c9-6-2-1-5(7(11)4-10)3-8(6)12(13)14/h1-3,7H,4,11H2/t7-/m0/s1. The van der Waals surface area contributed by atoms with Crippen LogP contribution in [0.1, 0.15) is 11.6 Å². The third-order valence-electron chi connectivity index (χ3n) is 1.76. The third kappa shape index (κ3) is 2.27. The van der Waals surface area contributed by atoms with E-state index in [9.17, 15) is 14.5 Å². The van der Waals surface area contributed by atoms with Crippen molar-refractivity contribution in [3.8, 4) is 0 Å². The zero-order chi connectivity index (χ0) is 10.7. The molecule has 1 aromatic rings. The molecule has 14 heavy (non-hydrogen) atoms. The van der Waals surface area contributed by atoms with Crippen molar-refractivity contribution in [2.45, 2.75) is 6.04 Å². The van der Waals surface area contributed by atoms with Crippen LogP contribution in [0.4, 0.5) is 10.1 Å². The van der Waals surface area contributed by atoms with Crippen LogP contribution < -0.4 is 5.73 Å². The first-order chi connectivity index (χ1) is 6.56. The molecule has 0 saturated carbocycles. The minimum atomic E-state index is -0.804. The van der Waals surface area contributed by atoms with Gasteiger partial charge in [-0.2, -0.15) is 0 Å². The van der Waals surface area contributed by atoms with Crippen molar-refractivity contribution in [3.63, 3.8) is 0 Å². The van der Waals surface area contributed by atoms with Crippen LogP contribution in [0, 0.1) is 10.1 Å². The summed E-state index contributed by atoms with van der Waals surface area (Å²) in [4.78, 5) is 9.98. The van der Waals surface area contributed by atoms with Gasteiger partial charge in [0.05, 0.1) is 15.4 Å². The number of hydrogen-bond acceptors (Lipinski definition) is 3. The molecular formula is C8H8BrFN2O2. The summed E-state index contributed by atoms with van der Waals surface area (Å²) < 4.78 is 12.6. The molecule has 6 heteroatoms. The second-order valence-corrected chi connectivity index (χ2v) is 3.58. The van der Waals surface area contributed by atoms with Crippen LogP contribution in [0.15, 0.2) is 22.7 Å². The van der Waals surface area contributed by atoms with Gasteiger partial charge in [-0.05, 0) is 27.6 Å². The number of hydrogen-bond donors (Lipinski definition) is 1. The van der Waals surface area contributed by atoms with E-state index < -0.39 is 17.6 Å². The lowest BCUT2D eigenvalue weighted by Gasteiger charge is -2.07. The molecule has 76 valence electrons. The summed E-state index contributed by atoms with van der Waals surface area (Å²) >= 11 is 3.03. The maximum absolute atomic E-state index is 12.2. The summed E-state index contributed by atoms with van der Waals surface area (Å²) in [6, 6.07) is 3.51. The highest BCUT2D eigenvalue weighted by Gasteiger charge is 2.15. The second kappa shape index (κ2) is 4.47. The molecule has 1 aromatic carbocycles. The van der Waals surface area contributed by atoms with Crippen LogP contribution >= 0.6 is 15.9 Å². The van der Waals surface area contributed by atoms with Gasteiger partial charge >= 0.3 is 0 Å². The predicted octanol–water partition coefficient (Wildman–Crippen LogP) is 2.33. The predicted molar refractivity (Wildman–Crippen MR) is 53.7 cm³/mol. The highest BCUT2D eigenvalue weighted by atomic mass is 79.9. The minimum Gasteiger partial charge on any atom is -0.322 e. The maximum atomic E-state index is 12.2. The van der Waals surface area contributed by atoms with Gasteiger partial charge in [0.2, 0.25) is 0 Å². The van der Waals surface area contributed by atoms with Gasteiger partial charge in [0.25, 0.3) is 5.69 Å². The summed E-state index contributed by atoms with van der Waals surface area (Å²) in [6.07, 6.45) is 0. The van der Waals surface area contributed by atoms with E-state index in [0.29, 0.717) is 10.0 Å². The maximum Gasteiger partial charge on any atom is 0.283 e. The first-order valence-corrected chi connectivity index (χ1v) is 4.61. The number of alkyl halides is 1. The van der Waals surface area contributed by atoms with Crippen molar-refractivity contribution in [2.75, 3.05) is 6.67 Å². The zero-order valence-electron chi connectivity index (χ0n) is 7.11. The van der Waals surface area contributed by atoms with Crippen LogP contribution in [0.3, 0.4) is 0 Å². The molecule has 2 N–H and O–H groups in total. The van der Waals surface area contributed by atoms with E-state index in [4.69, 9.17) is 5.73 Å². The monoisotopic (exact) mass is 262 g/mol. The highest BCUT2D eigenvalue weighted by molar-refractivity contribution is 9.10. The van der Waals surface area contributed by atoms with E-state index in [1.807, 2.05) is 0 Å². The molecule has 0 amide bonds. The quantitative estimate of drug-likeness (QED) is 0.672. The molecule has 0 aliphatic carbocycles. The number of nitro groups is 1. The highest BCUT2D eigenvalue weighted by Crippen LogP contribution is 2.27. The van der Waals surface area contributed by atoms with Crippen molar-refractivity contribution in [3.05, 3.63) is 38.3 Å². The van der Waals surface area contributed by atoms with E-state index in [1.54, 1.807) is 6.07 Å². The number of halogens is 2. The van der Waals surface area contributed by atoms with Crippen molar-refractivity contribution >= 4 is 21.6 Å². The molecule has 0 aromatic heterocycles. The molecular weight excluding hydrogens is 255 g/mol. The lowest BCUT2D eigenvalue weighted by Crippen LogP contribution is -2.12. The fourth-order valence-electron chi connectivity index (χ4n) is 0.989. The number of benzene rings is 1. The molecule has 0 radical (unpaired) electrons. The first kappa shape index (κ1) is 11.1. The smallest absolute Gasteiger partial charge is 0.283 e. The molecule has 0 heterocycles. The Morgan fingerprint density at radius 2 is 2.29 bits per heavy atom. The summed E-state index contributed by atoms with van der Waals surface area (Å²) in [5.41, 5.74) is 5.71. The molecule has 0 unspecified atom stereocenters. The van der Waals surface area contributed by atoms with Crippen LogP contribution in [0.5, 0.6) is 0 Å². The van der Waals surface area contributed by atoms with Gasteiger partial charge in [0, 0.05) is 6.07 Å². The van der Waals surface area contributed by atoms with Gasteiger partial charge in [-0.1, -0.05) is 6.07 Å². The molecule has 0 spiro atoms. The molecule has 0 bridgehead atoms. The van der Waals surface area contributed by atoms with Gasteiger partial charge in [0.15, 0.2) is 0 Å². The normalized spacial score (nSPS) is 12.5. The largest absolute Gasteiger partial charge is 0.322 e. The van der Waals surface area contributed by atoms with Crippen molar-refractivity contribution in [2.24, 2.45) is 5.73 Å². The zero-order valence-corrected chi connectivity index (χ0v) is 8.70. The molecule has 0 aliphatic rings. The van der Waals surface area contributed by atoms with E-state index in [2.05, 4.69) is 15.9 Å². The van der Waals surface area contributed by atoms with Crippen molar-refractivity contribution in [1.82, 2.24) is 0 Å². The number of nitro benzene ring substituents is 1. The Balaban J connectivity index is 3.12. The van der Waals surface area contributed by atoms with E-state index in [0.717, 1.165) is 0 Å². The van der Waals surface area contributed by atoms with E-state index >= 15 is 0 Å². The molecule has 1 atom stereocenters. The first-order valence-electron chi connectivity index (χ1n) is 3.81. The van der Waals surface area contributed by atoms with E-state index in [1.165, 1.54) is 12.1 Å². The Morgan fingerprint density at radius 3 is 2.79 bits per heavy atom. The average molecular weight is 263 g/mol. The Bertz CT molecular complexity index is 359. The van der Waals surface area contributed by atoms with Crippen LogP contribution in [-0.4, -0.2) is 11.6 Å². The minimum absolute atomic E-state index is 0.105. The van der Waals surface area contributed by atoms with Crippen molar-refractivity contribution < 1.29 is 9.31 Å². The van der Waals surface area contributed by atoms with E-state index in [-0.39, 0.29) is 5.69 Å². The molecule has 4 nitrogen and oxygen atoms in total. The lowest BCUT2D eigenvalue weighted by atomic mass is 10.1. The molecule has 1 rings (SSSR count). The SMILES string of the molecule is N[C@@H](CF)c1ccc(Br)c([N+](=O)[O-])c1. The van der Waals surface area contributed by atoms with Crippen LogP contribution in [-0.2, 0) is 0 Å². The topological polar surface area (TPSA) is 69.2 Å². The van der Waals surface area contributed by atoms with Crippen LogP contribution in [0.25, 0.3) is 0 Å². The molecule has 0 aliphatic heterocycles. The number of nitrogens with zero attached hydrogens (tertiary/aromatic N) is 1. The van der Waals surface area contributed by atoms with Gasteiger partial charge in [0.1, 0.15) is 6.67 Å². The Labute approximate surface area is 88.2 Å². The van der Waals surface area contributed by atoms with Crippen molar-refractivity contribution in [1.29, 1.82) is 0 Å². The third-order valence-corrected chi connectivity index (χ3v) is 2.43. The summed E-state index contributed by atoms with van der Waals surface area (Å²) in [7, 11) is 0. The van der Waals surface area contributed by atoms with Gasteiger partial charge in [-0.15, -0.1) is 0 Å². The second-order valence-electron chi connectivity index (χ2n) is 2.73. The Morgan fingerprint density at radius 1 is 1.64 bits per heavy atom.